The van der Waals surface area contributed by atoms with Crippen LogP contribution in [-0.2, 0) is 15.8 Å². The van der Waals surface area contributed by atoms with E-state index in [1.165, 1.54) is 37.8 Å². The first kappa shape index (κ1) is 16.9. The highest BCUT2D eigenvalue weighted by Crippen LogP contribution is 2.25. The van der Waals surface area contributed by atoms with E-state index < -0.39 is 10.0 Å². The maximum Gasteiger partial charge on any atom is 0.218 e. The Labute approximate surface area is 138 Å². The Hall–Kier alpha value is -0.980. The van der Waals surface area contributed by atoms with Gasteiger partial charge in [-0.05, 0) is 43.5 Å². The van der Waals surface area contributed by atoms with Crippen LogP contribution in [0.3, 0.4) is 0 Å². The summed E-state index contributed by atoms with van der Waals surface area (Å²) in [5.74, 6) is -0.385. The molecule has 23 heavy (non-hydrogen) atoms. The first-order valence-corrected chi connectivity index (χ1v) is 10.1. The SMILES string of the molecule is O=S(=O)(Cc1ccc(F)cc1)N1CCCN(C2CCCC2)CC1. The molecule has 1 saturated heterocycles. The predicted octanol–water partition coefficient (Wildman–Crippen LogP) is 2.61. The molecule has 3 rings (SSSR count). The van der Waals surface area contributed by atoms with Crippen LogP contribution in [-0.4, -0.2) is 49.8 Å². The summed E-state index contributed by atoms with van der Waals surface area (Å²) in [5, 5.41) is 0. The Balaban J connectivity index is 1.62. The van der Waals surface area contributed by atoms with Gasteiger partial charge in [-0.2, -0.15) is 0 Å². The van der Waals surface area contributed by atoms with Crippen LogP contribution in [0.5, 0.6) is 0 Å². The molecule has 2 aliphatic rings. The van der Waals surface area contributed by atoms with Crippen LogP contribution in [0.25, 0.3) is 0 Å². The second kappa shape index (κ2) is 7.28. The van der Waals surface area contributed by atoms with Gasteiger partial charge in [0.1, 0.15) is 5.82 Å². The molecule has 1 aliphatic carbocycles. The fourth-order valence-corrected chi connectivity index (χ4v) is 5.27. The molecule has 1 saturated carbocycles. The molecule has 0 radical (unpaired) electrons. The minimum Gasteiger partial charge on any atom is -0.299 e. The molecule has 6 heteroatoms. The van der Waals surface area contributed by atoms with Gasteiger partial charge in [0.25, 0.3) is 0 Å². The predicted molar refractivity (Wildman–Crippen MR) is 89.0 cm³/mol. The molecule has 2 fully saturated rings. The molecule has 1 aliphatic heterocycles. The first-order valence-electron chi connectivity index (χ1n) is 8.51. The summed E-state index contributed by atoms with van der Waals surface area (Å²) in [6.07, 6.45) is 5.99. The van der Waals surface area contributed by atoms with E-state index in [1.54, 1.807) is 16.4 Å². The second-order valence-corrected chi connectivity index (χ2v) is 8.58. The van der Waals surface area contributed by atoms with Gasteiger partial charge in [0.15, 0.2) is 0 Å². The summed E-state index contributed by atoms with van der Waals surface area (Å²) in [6, 6.07) is 6.38. The van der Waals surface area contributed by atoms with E-state index in [-0.39, 0.29) is 11.6 Å². The zero-order chi connectivity index (χ0) is 16.3. The van der Waals surface area contributed by atoms with Gasteiger partial charge in [-0.1, -0.05) is 25.0 Å². The normalized spacial score (nSPS) is 22.3. The number of hydrogen-bond acceptors (Lipinski definition) is 3. The van der Waals surface area contributed by atoms with Crippen LogP contribution in [0.1, 0.15) is 37.7 Å². The Morgan fingerprint density at radius 2 is 1.65 bits per heavy atom. The van der Waals surface area contributed by atoms with Crippen LogP contribution in [0.2, 0.25) is 0 Å². The Bertz CT molecular complexity index is 612. The highest BCUT2D eigenvalue weighted by Gasteiger charge is 2.29. The monoisotopic (exact) mass is 340 g/mol. The number of hydrogen-bond donors (Lipinski definition) is 0. The summed E-state index contributed by atoms with van der Waals surface area (Å²) < 4.78 is 39.8. The van der Waals surface area contributed by atoms with Crippen LogP contribution >= 0.6 is 0 Å². The molecular weight excluding hydrogens is 315 g/mol. The third kappa shape index (κ3) is 4.31. The van der Waals surface area contributed by atoms with Crippen molar-refractivity contribution in [3.8, 4) is 0 Å². The zero-order valence-electron chi connectivity index (χ0n) is 13.5. The van der Waals surface area contributed by atoms with Crippen molar-refractivity contribution in [2.45, 2.75) is 43.9 Å². The average molecular weight is 340 g/mol. The maximum atomic E-state index is 13.0. The molecular formula is C17H25FN2O2S. The van der Waals surface area contributed by atoms with E-state index in [0.717, 1.165) is 19.5 Å². The molecule has 4 nitrogen and oxygen atoms in total. The van der Waals surface area contributed by atoms with Crippen molar-refractivity contribution >= 4 is 10.0 Å². The van der Waals surface area contributed by atoms with Crippen LogP contribution in [0, 0.1) is 5.82 Å². The lowest BCUT2D eigenvalue weighted by atomic mass is 10.2. The van der Waals surface area contributed by atoms with Gasteiger partial charge in [0, 0.05) is 25.7 Å². The summed E-state index contributed by atoms with van der Waals surface area (Å²) >= 11 is 0. The second-order valence-electron chi connectivity index (χ2n) is 6.61. The van der Waals surface area contributed by atoms with Crippen molar-refractivity contribution in [2.75, 3.05) is 26.2 Å². The third-order valence-corrected chi connectivity index (χ3v) is 6.84. The lowest BCUT2D eigenvalue weighted by Gasteiger charge is -2.27. The van der Waals surface area contributed by atoms with Crippen molar-refractivity contribution in [2.24, 2.45) is 0 Å². The fraction of sp³-hybridized carbons (Fsp3) is 0.647. The largest absolute Gasteiger partial charge is 0.299 e. The minimum atomic E-state index is -3.34. The van der Waals surface area contributed by atoms with E-state index >= 15 is 0 Å². The van der Waals surface area contributed by atoms with E-state index in [4.69, 9.17) is 0 Å². The quantitative estimate of drug-likeness (QED) is 0.846. The maximum absolute atomic E-state index is 13.0. The molecule has 0 spiro atoms. The molecule has 0 amide bonds. The molecule has 0 bridgehead atoms. The van der Waals surface area contributed by atoms with Gasteiger partial charge in [0.05, 0.1) is 5.75 Å². The lowest BCUT2D eigenvalue weighted by molar-refractivity contribution is 0.209. The van der Waals surface area contributed by atoms with E-state index in [1.807, 2.05) is 0 Å². The Morgan fingerprint density at radius 1 is 0.957 bits per heavy atom. The third-order valence-electron chi connectivity index (χ3n) is 4.99. The summed E-state index contributed by atoms with van der Waals surface area (Å²) in [6.45, 7) is 2.98. The number of benzene rings is 1. The van der Waals surface area contributed by atoms with E-state index in [2.05, 4.69) is 4.90 Å². The molecule has 1 heterocycles. The zero-order valence-corrected chi connectivity index (χ0v) is 14.3. The van der Waals surface area contributed by atoms with Gasteiger partial charge in [-0.25, -0.2) is 17.1 Å². The van der Waals surface area contributed by atoms with Crippen LogP contribution < -0.4 is 0 Å². The minimum absolute atomic E-state index is 0.0449. The van der Waals surface area contributed by atoms with Crippen molar-refractivity contribution in [1.29, 1.82) is 0 Å². The highest BCUT2D eigenvalue weighted by atomic mass is 32.2. The van der Waals surface area contributed by atoms with Crippen molar-refractivity contribution < 1.29 is 12.8 Å². The van der Waals surface area contributed by atoms with Crippen molar-refractivity contribution in [1.82, 2.24) is 9.21 Å². The van der Waals surface area contributed by atoms with Gasteiger partial charge in [0.2, 0.25) is 10.0 Å². The Morgan fingerprint density at radius 3 is 2.35 bits per heavy atom. The standard InChI is InChI=1S/C17H25FN2O2S/c18-16-8-6-15(7-9-16)14-23(21,22)20-11-3-10-19(12-13-20)17-4-1-2-5-17/h6-9,17H,1-5,10-14H2. The van der Waals surface area contributed by atoms with Crippen molar-refractivity contribution in [3.63, 3.8) is 0 Å². The van der Waals surface area contributed by atoms with Gasteiger partial charge >= 0.3 is 0 Å². The molecule has 0 aromatic heterocycles. The van der Waals surface area contributed by atoms with Gasteiger partial charge < -0.3 is 0 Å². The Kier molecular flexibility index (Phi) is 5.34. The van der Waals surface area contributed by atoms with E-state index in [9.17, 15) is 12.8 Å². The fourth-order valence-electron chi connectivity index (χ4n) is 3.71. The molecule has 1 aromatic carbocycles. The van der Waals surface area contributed by atoms with Crippen molar-refractivity contribution in [3.05, 3.63) is 35.6 Å². The molecule has 0 atom stereocenters. The van der Waals surface area contributed by atoms with Gasteiger partial charge in [-0.3, -0.25) is 4.90 Å². The smallest absolute Gasteiger partial charge is 0.218 e. The average Bonchev–Trinajstić information content (AvgIpc) is 2.93. The molecule has 0 N–H and O–H groups in total. The summed E-state index contributed by atoms with van der Waals surface area (Å²) in [7, 11) is -3.34. The topological polar surface area (TPSA) is 40.6 Å². The van der Waals surface area contributed by atoms with Gasteiger partial charge in [-0.15, -0.1) is 0 Å². The number of nitrogens with zero attached hydrogens (tertiary/aromatic N) is 2. The summed E-state index contributed by atoms with van der Waals surface area (Å²) in [5.41, 5.74) is 0.642. The first-order chi connectivity index (χ1) is 11.0. The molecule has 0 unspecified atom stereocenters. The molecule has 1 aromatic rings. The summed E-state index contributed by atoms with van der Waals surface area (Å²) in [4.78, 5) is 2.47. The van der Waals surface area contributed by atoms with Crippen LogP contribution in [0.4, 0.5) is 4.39 Å². The molecule has 128 valence electrons. The number of halogens is 1. The lowest BCUT2D eigenvalue weighted by Crippen LogP contribution is -2.38. The van der Waals surface area contributed by atoms with E-state index in [0.29, 0.717) is 24.7 Å². The highest BCUT2D eigenvalue weighted by molar-refractivity contribution is 7.88. The van der Waals surface area contributed by atoms with Crippen LogP contribution in [0.15, 0.2) is 24.3 Å². The number of rotatable bonds is 4. The number of sulfonamides is 1.